The van der Waals surface area contributed by atoms with Crippen LogP contribution in [-0.2, 0) is 74.4 Å². The van der Waals surface area contributed by atoms with Gasteiger partial charge in [0.15, 0.2) is 16.9 Å². The number of aromatic carboxylic acids is 1. The molecule has 8 atom stereocenters. The van der Waals surface area contributed by atoms with Gasteiger partial charge in [-0.2, -0.15) is 13.5 Å². The van der Waals surface area contributed by atoms with Crippen molar-refractivity contribution in [2.45, 2.75) is 153 Å². The molecule has 3 aliphatic heterocycles. The summed E-state index contributed by atoms with van der Waals surface area (Å²) < 4.78 is 71.8. The summed E-state index contributed by atoms with van der Waals surface area (Å²) in [4.78, 5) is 103. The van der Waals surface area contributed by atoms with E-state index in [1.165, 1.54) is 46.6 Å². The van der Waals surface area contributed by atoms with Gasteiger partial charge < -0.3 is 74.4 Å². The number of aliphatic hydroxyl groups is 3. The molecule has 5 fully saturated rings. The number of nitrogens with one attached hydrogen (secondary N) is 4. The van der Waals surface area contributed by atoms with Crippen LogP contribution in [0.2, 0.25) is 0 Å². The number of carbonyl (C=O) groups excluding carboxylic acids is 5. The SMILES string of the molecule is Cc1c(-c2ccc(N3CCc4cccc(C(=O)Nc5nc6ccccc6s5)c4C3)nc2C(=O)O)cnn1CC12CC3(C)CC(C)(C1)CC(OCCN(C)C(=O)OCc1ccc(OCCOCCNC(=N)C(CS(=O)(=O)O)NC(=O)CCCCCN4C(=O)C=CC4=O)cc1O[C@@H]1O[C@H](C(=O)O)[C@@H](O)[C@H](O)[C@H]1O)(C3)C2. The van der Waals surface area contributed by atoms with Crippen LogP contribution in [-0.4, -0.2) is 223 Å². The summed E-state index contributed by atoms with van der Waals surface area (Å²) in [6.45, 7) is 7.86. The average molecular weight is 1530 g/mol. The number of pyridine rings is 1. The van der Waals surface area contributed by atoms with E-state index in [-0.39, 0.29) is 97.4 Å². The van der Waals surface area contributed by atoms with Gasteiger partial charge in [0.2, 0.25) is 12.2 Å². The van der Waals surface area contributed by atoms with E-state index in [1.807, 2.05) is 59.0 Å². The van der Waals surface area contributed by atoms with E-state index < -0.39 is 106 Å². The molecule has 1 saturated heterocycles. The Kier molecular flexibility index (Phi) is 23.4. The van der Waals surface area contributed by atoms with Crippen LogP contribution < -0.4 is 30.3 Å². The largest absolute Gasteiger partial charge is 0.491 e. The number of fused-ring (bicyclic) bond motifs is 2. The minimum absolute atomic E-state index is 0.0396. The Hall–Kier alpha value is -9.52. The molecule has 3 aromatic carbocycles. The minimum Gasteiger partial charge on any atom is -0.491 e. The molecule has 3 unspecified atom stereocenters. The van der Waals surface area contributed by atoms with Gasteiger partial charge in [-0.1, -0.05) is 55.9 Å². The molecule has 4 bridgehead atoms. The summed E-state index contributed by atoms with van der Waals surface area (Å²) in [7, 11) is -3.09. The Balaban J connectivity index is 0.638. The Bertz CT molecular complexity index is 4520. The number of carboxylic acids is 2. The number of benzene rings is 3. The van der Waals surface area contributed by atoms with Gasteiger partial charge >= 0.3 is 18.0 Å². The van der Waals surface area contributed by atoms with Gasteiger partial charge in [-0.15, -0.1) is 0 Å². The van der Waals surface area contributed by atoms with Gasteiger partial charge in [0, 0.05) is 98.9 Å². The van der Waals surface area contributed by atoms with E-state index in [0.29, 0.717) is 73.0 Å². The number of amides is 5. The van der Waals surface area contributed by atoms with E-state index in [9.17, 15) is 72.1 Å². The van der Waals surface area contributed by atoms with Gasteiger partial charge in [0.05, 0.1) is 41.8 Å². The molecule has 6 aromatic rings. The van der Waals surface area contributed by atoms with Gasteiger partial charge in [-0.25, -0.2) is 24.4 Å². The molecule has 0 radical (unpaired) electrons. The second-order valence-electron chi connectivity index (χ2n) is 29.7. The number of carboxylic acid groups (broad SMARTS) is 2. The van der Waals surface area contributed by atoms with Crippen molar-refractivity contribution in [3.63, 3.8) is 0 Å². The molecule has 0 spiro atoms. The number of para-hydroxylation sites is 1. The van der Waals surface area contributed by atoms with E-state index in [1.54, 1.807) is 25.4 Å². The van der Waals surface area contributed by atoms with Gasteiger partial charge in [-0.05, 0) is 135 Å². The Labute approximate surface area is 625 Å². The maximum absolute atomic E-state index is 13.8. The fraction of sp³-hybridized carbons (Fsp3) is 0.500. The van der Waals surface area contributed by atoms with Crippen LogP contribution in [0.5, 0.6) is 11.5 Å². The molecule has 4 saturated carbocycles. The van der Waals surface area contributed by atoms with Crippen molar-refractivity contribution in [1.29, 1.82) is 5.41 Å². The molecule has 108 heavy (non-hydrogen) atoms. The van der Waals surface area contributed by atoms with Gasteiger partial charge in [0.25, 0.3) is 27.8 Å². The number of nitrogens with zero attached hydrogens (tertiary/aromatic N) is 7. The van der Waals surface area contributed by atoms with Gasteiger partial charge in [0.1, 0.15) is 66.5 Å². The number of anilines is 2. The lowest BCUT2D eigenvalue weighted by Crippen LogP contribution is -2.64. The highest BCUT2D eigenvalue weighted by Crippen LogP contribution is 2.72. The summed E-state index contributed by atoms with van der Waals surface area (Å²) in [5, 5.41) is 74.4. The standard InChI is InChI=1S/C74H89N11O21S2/c1-43-49(47-18-19-55(80-59(47)66(93)94)83-25-22-44-11-10-12-48(50(44)33-83)65(92)81-69-79-51-13-7-8-14-54(51)107-69)32-77-85(43)42-73-37-71(2)36-72(3,38-73)40-74(39-71,41-73)104-28-26-82(4)70(97)103-34-45-16-17-46(31-53(45)105-68-62(91)60(89)61(90)63(106-68)67(95)96)102-30-29-101-27-23-76-64(75)52(35-108(98,99)100)78-56(86)15-6-5-9-24-84-57(87)20-21-58(84)88/h7-8,10-14,16-21,31-32,52,60-63,68,89-91H,5-6,9,15,22-30,33-42H2,1-4H3,(H2,75,76)(H,78,86)(H,93,94)(H,95,96)(H,79,81,92)(H,98,99,100)/t52?,60-,61-,62+,63-,68+,71?,72?,73?,74?/m0/s1. The van der Waals surface area contributed by atoms with E-state index in [4.69, 9.17) is 43.9 Å². The van der Waals surface area contributed by atoms with Crippen LogP contribution in [0.4, 0.5) is 15.7 Å². The van der Waals surface area contributed by atoms with Gasteiger partial charge in [-0.3, -0.25) is 44.0 Å². The van der Waals surface area contributed by atoms with Crippen molar-refractivity contribution in [2.24, 2.45) is 16.2 Å². The molecule has 13 rings (SSSR count). The predicted molar refractivity (Wildman–Crippen MR) is 390 cm³/mol. The molecule has 6 heterocycles. The summed E-state index contributed by atoms with van der Waals surface area (Å²) in [6.07, 6.45) is 0.506. The summed E-state index contributed by atoms with van der Waals surface area (Å²) >= 11 is 1.40. The molecule has 578 valence electrons. The van der Waals surface area contributed by atoms with Crippen molar-refractivity contribution in [2.75, 3.05) is 75.6 Å². The third kappa shape index (κ3) is 18.1. The first-order valence-electron chi connectivity index (χ1n) is 35.7. The zero-order valence-corrected chi connectivity index (χ0v) is 61.8. The predicted octanol–water partition coefficient (Wildman–Crippen LogP) is 5.87. The number of aromatic nitrogens is 4. The monoisotopic (exact) mass is 1530 g/mol. The Morgan fingerprint density at radius 1 is 0.852 bits per heavy atom. The normalized spacial score (nSPS) is 24.5. The van der Waals surface area contributed by atoms with E-state index >= 15 is 0 Å². The molecule has 10 N–H and O–H groups in total. The van der Waals surface area contributed by atoms with Crippen LogP contribution in [0.3, 0.4) is 0 Å². The zero-order chi connectivity index (χ0) is 77.0. The van der Waals surface area contributed by atoms with Crippen molar-refractivity contribution >= 4 is 90.1 Å². The van der Waals surface area contributed by atoms with E-state index in [2.05, 4.69) is 34.8 Å². The third-order valence-electron chi connectivity index (χ3n) is 20.9. The molecule has 4 aliphatic carbocycles. The zero-order valence-electron chi connectivity index (χ0n) is 60.1. The first kappa shape index (κ1) is 78.1. The molecule has 34 heteroatoms. The smallest absolute Gasteiger partial charge is 0.409 e. The van der Waals surface area contributed by atoms with Crippen molar-refractivity contribution < 1.29 is 100 Å². The van der Waals surface area contributed by atoms with Crippen LogP contribution >= 0.6 is 11.3 Å². The van der Waals surface area contributed by atoms with Crippen LogP contribution in [0, 0.1) is 28.6 Å². The highest BCUT2D eigenvalue weighted by molar-refractivity contribution is 7.85. The summed E-state index contributed by atoms with van der Waals surface area (Å²) in [5.41, 5.74) is 4.19. The Morgan fingerprint density at radius 3 is 2.34 bits per heavy atom. The second-order valence-corrected chi connectivity index (χ2v) is 32.2. The molecular formula is C74H89N11O21S2. The lowest BCUT2D eigenvalue weighted by atomic mass is 9.39. The number of amidine groups is 1. The number of thiazole rings is 1. The number of hydrogen-bond donors (Lipinski definition) is 10. The lowest BCUT2D eigenvalue weighted by Gasteiger charge is -2.69. The molecule has 5 amide bonds. The quantitative estimate of drug-likeness (QED) is 0.00756. The van der Waals surface area contributed by atoms with Crippen molar-refractivity contribution in [3.8, 4) is 22.6 Å². The fourth-order valence-corrected chi connectivity index (χ4v) is 18.6. The number of rotatable bonds is 33. The third-order valence-corrected chi connectivity index (χ3v) is 22.6. The van der Waals surface area contributed by atoms with Crippen LogP contribution in [0.15, 0.2) is 91.1 Å². The molecular weight excluding hydrogens is 1440 g/mol. The number of likely N-dealkylation sites (N-methyl/N-ethyl adjacent to an activating group) is 1. The van der Waals surface area contributed by atoms with Crippen LogP contribution in [0.1, 0.15) is 121 Å². The topological polar surface area (TPSA) is 444 Å². The maximum Gasteiger partial charge on any atom is 0.409 e. The summed E-state index contributed by atoms with van der Waals surface area (Å²) in [5.74, 6) is -5.47. The minimum atomic E-state index is -4.65. The average Bonchev–Trinajstić information content (AvgIpc) is 0.842. The number of imide groups is 1. The fourth-order valence-electron chi connectivity index (χ4n) is 17.1. The molecule has 3 aromatic heterocycles. The van der Waals surface area contributed by atoms with E-state index in [0.717, 1.165) is 70.5 Å². The Morgan fingerprint density at radius 2 is 1.61 bits per heavy atom. The maximum atomic E-state index is 13.8. The van der Waals surface area contributed by atoms with Crippen LogP contribution in [0.25, 0.3) is 21.3 Å². The number of carbonyl (C=O) groups is 7. The highest BCUT2D eigenvalue weighted by atomic mass is 32.2. The molecule has 32 nitrogen and oxygen atoms in total. The first-order valence-corrected chi connectivity index (χ1v) is 38.1. The van der Waals surface area contributed by atoms with Crippen molar-refractivity contribution in [1.82, 2.24) is 40.2 Å². The van der Waals surface area contributed by atoms with Crippen molar-refractivity contribution in [3.05, 3.63) is 125 Å². The lowest BCUT2D eigenvalue weighted by molar-refractivity contribution is -0.271. The number of aliphatic hydroxyl groups excluding tert-OH is 3. The second kappa shape index (κ2) is 32.3. The number of aliphatic carboxylic acids is 1. The summed E-state index contributed by atoms with van der Waals surface area (Å²) in [6, 6.07) is 19.9. The number of hydrogen-bond acceptors (Lipinski definition) is 24. The highest BCUT2D eigenvalue weighted by Gasteiger charge is 2.66. The number of unbranched alkanes of at least 4 members (excludes halogenated alkanes) is 2. The first-order chi connectivity index (χ1) is 51.4. The molecule has 7 aliphatic rings. The number of ether oxygens (including phenoxy) is 6.